The molecule has 0 unspecified atom stereocenters. The van der Waals surface area contributed by atoms with Gasteiger partial charge in [-0.2, -0.15) is 0 Å². The van der Waals surface area contributed by atoms with E-state index in [1.807, 2.05) is 0 Å². The lowest BCUT2D eigenvalue weighted by Gasteiger charge is -2.52. The number of hydrogen-bond acceptors (Lipinski definition) is 43. The smallest absolute Gasteiger partial charge is 0.364 e. The summed E-state index contributed by atoms with van der Waals surface area (Å²) in [6, 6.07) is -7.99. The Morgan fingerprint density at radius 1 is 0.402 bits per heavy atom. The van der Waals surface area contributed by atoms with E-state index in [0.29, 0.717) is 0 Å². The van der Waals surface area contributed by atoms with Crippen LogP contribution >= 0.6 is 0 Å². The van der Waals surface area contributed by atoms with E-state index in [4.69, 9.17) is 66.3 Å². The zero-order chi connectivity index (χ0) is 79.7. The van der Waals surface area contributed by atoms with Crippen LogP contribution in [0.25, 0.3) is 0 Å². The number of carboxylic acid groups (broad SMARTS) is 1. The average molecular weight is 1570 g/mol. The Morgan fingerprint density at radius 2 is 0.804 bits per heavy atom. The first-order chi connectivity index (χ1) is 50.4. The highest BCUT2D eigenvalue weighted by Gasteiger charge is 2.63. The molecule has 0 aromatic heterocycles. The van der Waals surface area contributed by atoms with Crippen LogP contribution in [0.5, 0.6) is 0 Å². The number of hydrogen-bond donors (Lipinski definition) is 29. The Bertz CT molecular complexity index is 2820. The molecule has 48 nitrogen and oxygen atoms in total. The minimum Gasteiger partial charge on any atom is -0.477 e. The Hall–Kier alpha value is -4.17. The van der Waals surface area contributed by atoms with E-state index < -0.39 is 340 Å². The maximum Gasteiger partial charge on any atom is 0.364 e. The maximum absolute atomic E-state index is 13.9. The fourth-order valence-electron chi connectivity index (χ4n) is 13.3. The van der Waals surface area contributed by atoms with Crippen LogP contribution in [0.1, 0.15) is 34.1 Å². The lowest BCUT2D eigenvalue weighted by Crippen LogP contribution is -2.73. The second-order valence-corrected chi connectivity index (χ2v) is 26.5. The summed E-state index contributed by atoms with van der Waals surface area (Å²) in [6.45, 7) is -7.18. The van der Waals surface area contributed by atoms with Crippen LogP contribution < -0.4 is 21.3 Å². The first-order valence-corrected chi connectivity index (χ1v) is 33.7. The van der Waals surface area contributed by atoms with Crippen LogP contribution in [0.15, 0.2) is 0 Å². The molecule has 29 N–H and O–H groups in total. The van der Waals surface area contributed by atoms with Crippen LogP contribution in [0.2, 0.25) is 0 Å². The molecule has 0 aromatic carbocycles. The van der Waals surface area contributed by atoms with Gasteiger partial charge in [0.2, 0.25) is 23.6 Å². The highest BCUT2D eigenvalue weighted by atomic mass is 16.8. The fraction of sp³-hybridized carbons (Fsp3) is 0.915. The highest BCUT2D eigenvalue weighted by molar-refractivity contribution is 5.77. The summed E-state index contributed by atoms with van der Waals surface area (Å²) in [5.74, 6) is -9.65. The van der Waals surface area contributed by atoms with E-state index in [9.17, 15) is 152 Å². The molecule has 7 saturated heterocycles. The van der Waals surface area contributed by atoms with Crippen molar-refractivity contribution in [3.05, 3.63) is 0 Å². The summed E-state index contributed by atoms with van der Waals surface area (Å²) in [5, 5.41) is 282. The van der Waals surface area contributed by atoms with Crippen molar-refractivity contribution in [2.24, 2.45) is 0 Å². The van der Waals surface area contributed by atoms with Crippen LogP contribution in [0, 0.1) is 0 Å². The zero-order valence-corrected chi connectivity index (χ0v) is 57.5. The van der Waals surface area contributed by atoms with Crippen molar-refractivity contribution in [3.63, 3.8) is 0 Å². The van der Waals surface area contributed by atoms with Gasteiger partial charge in [0, 0.05) is 34.1 Å². The summed E-state index contributed by atoms with van der Waals surface area (Å²) in [5.41, 5.74) is 0. The Kier molecular flexibility index (Phi) is 33.3. The largest absolute Gasteiger partial charge is 0.477 e. The lowest BCUT2D eigenvalue weighted by molar-refractivity contribution is -0.387. The average Bonchev–Trinajstić information content (AvgIpc) is 0.555. The molecule has 0 bridgehead atoms. The molecule has 48 heteroatoms. The molecule has 0 aliphatic carbocycles. The summed E-state index contributed by atoms with van der Waals surface area (Å²) < 4.78 is 83.0. The molecule has 0 aromatic rings. The zero-order valence-electron chi connectivity index (χ0n) is 57.5. The number of ether oxygens (including phenoxy) is 14. The minimum absolute atomic E-state index is 0.844. The van der Waals surface area contributed by atoms with Crippen LogP contribution in [-0.4, -0.2) is 461 Å². The van der Waals surface area contributed by atoms with E-state index in [2.05, 4.69) is 21.3 Å². The van der Waals surface area contributed by atoms with Gasteiger partial charge in [0.1, 0.15) is 189 Å². The number of nitrogens with one attached hydrogen (secondary N) is 4. The Labute approximate surface area is 605 Å². The van der Waals surface area contributed by atoms with E-state index in [1.165, 1.54) is 0 Å². The predicted molar refractivity (Wildman–Crippen MR) is 330 cm³/mol. The number of aliphatic hydroxyl groups is 24. The van der Waals surface area contributed by atoms with E-state index in [0.717, 1.165) is 27.7 Å². The normalized spacial score (nSPS) is 43.8. The quantitative estimate of drug-likeness (QED) is 0.0290. The standard InChI is InChI=1S/C59H100N4O44/c1-15(72)60-29-19(76)5-59(58(92)93,106-48(29)34(81)21(78)7-65)107-49-32(63-18(4)75)52(98-27(13-71)47(49)103-53-30(61-16(2)73)39(86)35(82)23(9-67)95-53)94-14-28-38(85)51(44(91)57(100-28)101-45(22(79)8-66)33(80)20(77)6-64)104-54-31(62-17(3)74)40(87)46(26(12-70)99-54)102-56-43(90)50(37(84)25(11-69)97-56)105-55-42(89)41(88)36(83)24(10-68)96-55/h19-57,64-71,76-91H,5-14H2,1-4H3,(H,60,72)(H,61,73)(H,62,74)(H,63,75)(H,92,93)/t19-,20-,21+,22+,23+,24+,25+,26+,27+,28+,29+,30+,31+,32+,33+,34+,35-,36-,37-,38-,39+,40+,41-,42+,43+,44+,45+,46+,47+,48+,49+,50-,51-,52+,53-,54-,55+,56-,57-,59-/m0/s1. The van der Waals surface area contributed by atoms with Gasteiger partial charge in [-0.05, 0) is 0 Å². The maximum atomic E-state index is 13.9. The second kappa shape index (κ2) is 39.5. The van der Waals surface area contributed by atoms with Gasteiger partial charge < -0.3 is 215 Å². The molecule has 0 saturated carbocycles. The summed E-state index contributed by atoms with van der Waals surface area (Å²) in [6.07, 6.45) is -77.6. The molecule has 7 heterocycles. The van der Waals surface area contributed by atoms with Crippen molar-refractivity contribution < 1.29 is 218 Å². The molecule has 7 fully saturated rings. The Balaban J connectivity index is 1.28. The van der Waals surface area contributed by atoms with E-state index in [1.54, 1.807) is 0 Å². The third-order valence-corrected chi connectivity index (χ3v) is 18.9. The van der Waals surface area contributed by atoms with Gasteiger partial charge >= 0.3 is 5.97 Å². The summed E-state index contributed by atoms with van der Waals surface area (Å²) in [7, 11) is 0. The molecule has 0 radical (unpaired) electrons. The first-order valence-electron chi connectivity index (χ1n) is 33.7. The second-order valence-electron chi connectivity index (χ2n) is 26.5. The van der Waals surface area contributed by atoms with Gasteiger partial charge in [0.15, 0.2) is 37.7 Å². The van der Waals surface area contributed by atoms with Crippen molar-refractivity contribution in [2.75, 3.05) is 59.5 Å². The summed E-state index contributed by atoms with van der Waals surface area (Å²) in [4.78, 5) is 65.7. The van der Waals surface area contributed by atoms with Crippen molar-refractivity contribution in [1.29, 1.82) is 0 Å². The highest BCUT2D eigenvalue weighted by Crippen LogP contribution is 2.42. The molecule has 4 amide bonds. The van der Waals surface area contributed by atoms with Gasteiger partial charge in [-0.15, -0.1) is 0 Å². The van der Waals surface area contributed by atoms with Crippen LogP contribution in [-0.2, 0) is 90.3 Å². The number of aliphatic carboxylic acids is 1. The van der Waals surface area contributed by atoms with E-state index >= 15 is 0 Å². The SMILES string of the molecule is CC(=O)N[C@H]1[C@H](O[C@H]2[C@@H](O)[C@@H](CO[C@@H]3O[C@H](CO)[C@@H](O[C@@H]4O[C@H](CO)[C@H](O)[C@H](O)[C@H]4NC(C)=O)[C@H](O[C@]4(C(=O)O)C[C@H](O)[C@@H](NC(C)=O)[C@H]([C@H](O)[C@H](O)CO)O4)[C@H]3NC(C)=O)O[C@@H](O[C@@H]([C@H](O)[C@@H](O)CO)[C@H](O)CO)[C@@H]2O)O[C@H](CO)[C@@H](O[C@@H]2O[C@H](CO)[C@H](O)[C@H](O[C@H]3O[C@H](CO)[C@H](O)[C@H](O)[C@H]3O)[C@H]2O)[C@@H]1O. The monoisotopic (exact) mass is 1570 g/mol. The first kappa shape index (κ1) is 90.0. The molecule has 7 aliphatic rings. The van der Waals surface area contributed by atoms with Crippen LogP contribution in [0.3, 0.4) is 0 Å². The molecule has 0 spiro atoms. The lowest BCUT2D eigenvalue weighted by atomic mass is 9.87. The molecule has 620 valence electrons. The number of carboxylic acids is 1. The molecular weight excluding hydrogens is 1470 g/mol. The molecular formula is C59H100N4O44. The topological polar surface area (TPSA) is 768 Å². The van der Waals surface area contributed by atoms with Gasteiger partial charge in [-0.1, -0.05) is 0 Å². The predicted octanol–water partition coefficient (Wildman–Crippen LogP) is -19.0. The Morgan fingerprint density at radius 3 is 1.32 bits per heavy atom. The molecule has 7 rings (SSSR count). The third kappa shape index (κ3) is 20.6. The van der Waals surface area contributed by atoms with Crippen molar-refractivity contribution in [1.82, 2.24) is 21.3 Å². The number of carbonyl (C=O) groups is 5. The minimum atomic E-state index is -3.45. The van der Waals surface area contributed by atoms with Crippen molar-refractivity contribution in [3.8, 4) is 0 Å². The van der Waals surface area contributed by atoms with Gasteiger partial charge in [0.25, 0.3) is 5.79 Å². The number of aliphatic hydroxyl groups excluding tert-OH is 24. The van der Waals surface area contributed by atoms with Gasteiger partial charge in [-0.3, -0.25) is 19.2 Å². The molecule has 40 atom stereocenters. The van der Waals surface area contributed by atoms with Crippen LogP contribution in [0.4, 0.5) is 0 Å². The molecule has 7 aliphatic heterocycles. The molecule has 107 heavy (non-hydrogen) atoms. The fourth-order valence-corrected chi connectivity index (χ4v) is 13.3. The van der Waals surface area contributed by atoms with Gasteiger partial charge in [-0.25, -0.2) is 4.79 Å². The number of rotatable bonds is 33. The third-order valence-electron chi connectivity index (χ3n) is 18.9. The van der Waals surface area contributed by atoms with E-state index in [-0.39, 0.29) is 0 Å². The van der Waals surface area contributed by atoms with Gasteiger partial charge in [0.05, 0.1) is 71.6 Å². The summed E-state index contributed by atoms with van der Waals surface area (Å²) >= 11 is 0. The number of carbonyl (C=O) groups excluding carboxylic acids is 4. The van der Waals surface area contributed by atoms with Crippen molar-refractivity contribution >= 4 is 29.6 Å². The van der Waals surface area contributed by atoms with Crippen molar-refractivity contribution in [2.45, 2.75) is 279 Å². The number of amides is 4.